The van der Waals surface area contributed by atoms with Crippen molar-refractivity contribution in [1.82, 2.24) is 0 Å². The van der Waals surface area contributed by atoms with E-state index in [1.54, 1.807) is 23.8 Å². The van der Waals surface area contributed by atoms with Crippen molar-refractivity contribution in [3.8, 4) is 0 Å². The molecule has 0 amide bonds. The van der Waals surface area contributed by atoms with Crippen molar-refractivity contribution < 1.29 is 8.63 Å². The highest BCUT2D eigenvalue weighted by molar-refractivity contribution is 7.88. The number of furan rings is 1. The summed E-state index contributed by atoms with van der Waals surface area (Å²) < 4.78 is 16.8. The molecule has 0 saturated carbocycles. The van der Waals surface area contributed by atoms with Crippen LogP contribution in [-0.2, 0) is 10.8 Å². The Morgan fingerprint density at radius 3 is 2.53 bits per heavy atom. The third kappa shape index (κ3) is 2.67. The quantitative estimate of drug-likeness (QED) is 0.792. The molecule has 1 aromatic heterocycles. The van der Waals surface area contributed by atoms with Crippen molar-refractivity contribution in [2.75, 3.05) is 0 Å². The van der Waals surface area contributed by atoms with Crippen LogP contribution in [0.1, 0.15) is 5.76 Å². The van der Waals surface area contributed by atoms with Crippen molar-refractivity contribution in [2.45, 2.75) is 4.90 Å². The minimum atomic E-state index is -1.11. The Hall–Kier alpha value is -1.61. The summed E-state index contributed by atoms with van der Waals surface area (Å²) in [4.78, 5) is 0.792. The molecule has 0 aliphatic carbocycles. The molecule has 1 aromatic carbocycles. The minimum absolute atomic E-state index is 0.708. The highest BCUT2D eigenvalue weighted by Gasteiger charge is 1.97. The molecule has 1 unspecified atom stereocenters. The molecule has 76 valence electrons. The zero-order chi connectivity index (χ0) is 10.5. The lowest BCUT2D eigenvalue weighted by molar-refractivity contribution is 0.557. The maximum absolute atomic E-state index is 11.7. The first-order chi connectivity index (χ1) is 7.36. The summed E-state index contributed by atoms with van der Waals surface area (Å²) in [5.41, 5.74) is 0. The van der Waals surface area contributed by atoms with Crippen LogP contribution in [0.15, 0.2) is 63.4 Å². The molecule has 0 radical (unpaired) electrons. The third-order valence-electron chi connectivity index (χ3n) is 1.87. The molecule has 0 N–H and O–H groups in total. The Balaban J connectivity index is 2.11. The van der Waals surface area contributed by atoms with E-state index in [9.17, 15) is 4.21 Å². The molecule has 2 rings (SSSR count). The molecule has 3 heteroatoms. The van der Waals surface area contributed by atoms with Crippen molar-refractivity contribution in [3.05, 3.63) is 59.9 Å². The average Bonchev–Trinajstić information content (AvgIpc) is 2.80. The van der Waals surface area contributed by atoms with Crippen LogP contribution >= 0.6 is 0 Å². The lowest BCUT2D eigenvalue weighted by Crippen LogP contribution is -1.84. The molecular weight excluding hydrogens is 208 g/mol. The second kappa shape index (κ2) is 4.75. The predicted octanol–water partition coefficient (Wildman–Crippen LogP) is 3.06. The maximum atomic E-state index is 11.7. The van der Waals surface area contributed by atoms with Crippen LogP contribution in [0.4, 0.5) is 0 Å². The first-order valence-corrected chi connectivity index (χ1v) is 5.75. The van der Waals surface area contributed by atoms with E-state index in [4.69, 9.17) is 4.42 Å². The van der Waals surface area contributed by atoms with E-state index in [1.807, 2.05) is 36.4 Å². The zero-order valence-corrected chi connectivity index (χ0v) is 8.81. The van der Waals surface area contributed by atoms with Gasteiger partial charge in [0.1, 0.15) is 5.76 Å². The molecule has 0 spiro atoms. The Kier molecular flexibility index (Phi) is 3.15. The fourth-order valence-corrected chi connectivity index (χ4v) is 1.99. The van der Waals surface area contributed by atoms with Gasteiger partial charge in [-0.15, -0.1) is 0 Å². The second-order valence-corrected chi connectivity index (χ2v) is 4.27. The fourth-order valence-electron chi connectivity index (χ4n) is 1.15. The average molecular weight is 218 g/mol. The SMILES string of the molecule is O=S(/C=C/c1ccco1)c1ccccc1. The third-order valence-corrected chi connectivity index (χ3v) is 2.99. The molecule has 2 nitrogen and oxygen atoms in total. The Morgan fingerprint density at radius 2 is 1.87 bits per heavy atom. The van der Waals surface area contributed by atoms with Gasteiger partial charge in [-0.05, 0) is 30.3 Å². The van der Waals surface area contributed by atoms with Crippen LogP contribution in [0.25, 0.3) is 6.08 Å². The van der Waals surface area contributed by atoms with E-state index in [-0.39, 0.29) is 0 Å². The molecule has 1 atom stereocenters. The molecule has 0 saturated heterocycles. The Morgan fingerprint density at radius 1 is 1.07 bits per heavy atom. The molecule has 0 aliphatic rings. The Bertz CT molecular complexity index is 458. The van der Waals surface area contributed by atoms with Crippen molar-refractivity contribution >= 4 is 16.9 Å². The van der Waals surface area contributed by atoms with Gasteiger partial charge in [0, 0.05) is 10.3 Å². The van der Waals surface area contributed by atoms with Crippen LogP contribution in [0, 0.1) is 0 Å². The number of hydrogen-bond acceptors (Lipinski definition) is 2. The number of hydrogen-bond donors (Lipinski definition) is 0. The summed E-state index contributed by atoms with van der Waals surface area (Å²) >= 11 is 0. The Labute approximate surface area is 90.7 Å². The summed E-state index contributed by atoms with van der Waals surface area (Å²) in [6.45, 7) is 0. The molecule has 2 aromatic rings. The lowest BCUT2D eigenvalue weighted by atomic mass is 10.4. The standard InChI is InChI=1S/C12H10O2S/c13-15(12-6-2-1-3-7-12)10-8-11-5-4-9-14-11/h1-10H/b10-8+. The fraction of sp³-hybridized carbons (Fsp3) is 0. The largest absolute Gasteiger partial charge is 0.465 e. The summed E-state index contributed by atoms with van der Waals surface area (Å²) in [5, 5.41) is 1.62. The van der Waals surface area contributed by atoms with Crippen LogP contribution in [-0.4, -0.2) is 4.21 Å². The lowest BCUT2D eigenvalue weighted by Gasteiger charge is -1.93. The van der Waals surface area contributed by atoms with Gasteiger partial charge >= 0.3 is 0 Å². The van der Waals surface area contributed by atoms with Crippen LogP contribution in [0.5, 0.6) is 0 Å². The zero-order valence-electron chi connectivity index (χ0n) is 8.00. The minimum Gasteiger partial charge on any atom is -0.465 e. The van der Waals surface area contributed by atoms with E-state index in [0.717, 1.165) is 4.90 Å². The summed E-state index contributed by atoms with van der Waals surface area (Å²) in [6, 6.07) is 12.9. The van der Waals surface area contributed by atoms with Crippen LogP contribution in [0.2, 0.25) is 0 Å². The maximum Gasteiger partial charge on any atom is 0.127 e. The van der Waals surface area contributed by atoms with Gasteiger partial charge in [0.2, 0.25) is 0 Å². The number of benzene rings is 1. The number of rotatable bonds is 3. The monoisotopic (exact) mass is 218 g/mol. The van der Waals surface area contributed by atoms with Gasteiger partial charge in [-0.25, -0.2) is 4.21 Å². The first-order valence-electron chi connectivity index (χ1n) is 4.53. The van der Waals surface area contributed by atoms with Gasteiger partial charge in [-0.3, -0.25) is 0 Å². The summed E-state index contributed by atoms with van der Waals surface area (Å²) in [7, 11) is -1.11. The van der Waals surface area contributed by atoms with Gasteiger partial charge < -0.3 is 4.42 Å². The van der Waals surface area contributed by atoms with E-state index in [1.165, 1.54) is 0 Å². The molecule has 0 bridgehead atoms. The smallest absolute Gasteiger partial charge is 0.127 e. The topological polar surface area (TPSA) is 30.2 Å². The van der Waals surface area contributed by atoms with Crippen molar-refractivity contribution in [3.63, 3.8) is 0 Å². The molecular formula is C12H10O2S. The first kappa shape index (κ1) is 9.93. The molecule has 0 fully saturated rings. The summed E-state index contributed by atoms with van der Waals surface area (Å²) in [5.74, 6) is 0.708. The van der Waals surface area contributed by atoms with Gasteiger partial charge in [-0.2, -0.15) is 0 Å². The second-order valence-electron chi connectivity index (χ2n) is 2.93. The van der Waals surface area contributed by atoms with Crippen LogP contribution in [0.3, 0.4) is 0 Å². The molecule has 1 heterocycles. The van der Waals surface area contributed by atoms with E-state index in [0.29, 0.717) is 5.76 Å². The molecule has 15 heavy (non-hydrogen) atoms. The van der Waals surface area contributed by atoms with E-state index < -0.39 is 10.8 Å². The molecule has 0 aliphatic heterocycles. The normalized spacial score (nSPS) is 13.1. The van der Waals surface area contributed by atoms with E-state index >= 15 is 0 Å². The van der Waals surface area contributed by atoms with Gasteiger partial charge in [0.05, 0.1) is 17.1 Å². The highest BCUT2D eigenvalue weighted by Crippen LogP contribution is 2.09. The van der Waals surface area contributed by atoms with Crippen LogP contribution < -0.4 is 0 Å². The van der Waals surface area contributed by atoms with Gasteiger partial charge in [-0.1, -0.05) is 18.2 Å². The summed E-state index contributed by atoms with van der Waals surface area (Å²) in [6.07, 6.45) is 3.30. The van der Waals surface area contributed by atoms with Gasteiger partial charge in [0.15, 0.2) is 0 Å². The van der Waals surface area contributed by atoms with Crippen molar-refractivity contribution in [2.24, 2.45) is 0 Å². The highest BCUT2D eigenvalue weighted by atomic mass is 32.2. The van der Waals surface area contributed by atoms with Crippen molar-refractivity contribution in [1.29, 1.82) is 0 Å². The predicted molar refractivity (Wildman–Crippen MR) is 60.6 cm³/mol. The van der Waals surface area contributed by atoms with Gasteiger partial charge in [0.25, 0.3) is 0 Å². The van der Waals surface area contributed by atoms with E-state index in [2.05, 4.69) is 0 Å².